The van der Waals surface area contributed by atoms with E-state index in [1.807, 2.05) is 39.0 Å². The Kier molecular flexibility index (Phi) is 4.38. The Balaban J connectivity index is 2.20. The monoisotopic (exact) mass is 261 g/mol. The van der Waals surface area contributed by atoms with Crippen molar-refractivity contribution in [1.82, 2.24) is 4.90 Å². The predicted molar refractivity (Wildman–Crippen MR) is 76.7 cm³/mol. The Bertz CT molecular complexity index is 470. The fraction of sp³-hybridized carbons (Fsp3) is 0.562. The summed E-state index contributed by atoms with van der Waals surface area (Å²) in [7, 11) is 0. The molecule has 1 fully saturated rings. The van der Waals surface area contributed by atoms with Gasteiger partial charge in [0, 0.05) is 18.2 Å². The van der Waals surface area contributed by atoms with Gasteiger partial charge in [0.1, 0.15) is 0 Å². The fourth-order valence-corrected chi connectivity index (χ4v) is 2.69. The van der Waals surface area contributed by atoms with Gasteiger partial charge in [-0.3, -0.25) is 9.69 Å². The molecule has 104 valence electrons. The zero-order valence-corrected chi connectivity index (χ0v) is 12.3. The van der Waals surface area contributed by atoms with Crippen molar-refractivity contribution in [2.45, 2.75) is 39.8 Å². The van der Waals surface area contributed by atoms with E-state index in [2.05, 4.69) is 11.8 Å². The zero-order chi connectivity index (χ0) is 14.0. The third kappa shape index (κ3) is 3.04. The van der Waals surface area contributed by atoms with E-state index in [-0.39, 0.29) is 11.8 Å². The standard InChI is InChI=1S/C16H23NO2/c1-11-5-6-12(2)15(9-11)16(18)14(4)17-7-8-19-10-13(17)3/h5-6,9,13-14H,7-8,10H2,1-4H3. The average molecular weight is 261 g/mol. The van der Waals surface area contributed by atoms with Crippen molar-refractivity contribution < 1.29 is 9.53 Å². The largest absolute Gasteiger partial charge is 0.379 e. The van der Waals surface area contributed by atoms with Crippen LogP contribution in [-0.4, -0.2) is 42.5 Å². The average Bonchev–Trinajstić information content (AvgIpc) is 2.40. The Hall–Kier alpha value is -1.19. The molecule has 1 aromatic carbocycles. The molecule has 0 aromatic heterocycles. The molecule has 3 heteroatoms. The molecule has 3 nitrogen and oxygen atoms in total. The topological polar surface area (TPSA) is 29.5 Å². The maximum Gasteiger partial charge on any atom is 0.179 e. The van der Waals surface area contributed by atoms with Gasteiger partial charge >= 0.3 is 0 Å². The summed E-state index contributed by atoms with van der Waals surface area (Å²) < 4.78 is 5.44. The summed E-state index contributed by atoms with van der Waals surface area (Å²) >= 11 is 0. The Labute approximate surface area is 115 Å². The molecule has 1 saturated heterocycles. The summed E-state index contributed by atoms with van der Waals surface area (Å²) in [4.78, 5) is 14.9. The van der Waals surface area contributed by atoms with E-state index in [0.29, 0.717) is 12.6 Å². The van der Waals surface area contributed by atoms with Crippen molar-refractivity contribution in [1.29, 1.82) is 0 Å². The van der Waals surface area contributed by atoms with E-state index in [9.17, 15) is 4.79 Å². The van der Waals surface area contributed by atoms with Gasteiger partial charge in [0.25, 0.3) is 0 Å². The minimum absolute atomic E-state index is 0.0839. The molecular formula is C16H23NO2. The smallest absolute Gasteiger partial charge is 0.179 e. The van der Waals surface area contributed by atoms with Crippen molar-refractivity contribution in [2.75, 3.05) is 19.8 Å². The number of hydrogen-bond acceptors (Lipinski definition) is 3. The zero-order valence-electron chi connectivity index (χ0n) is 12.3. The Morgan fingerprint density at radius 3 is 2.84 bits per heavy atom. The lowest BCUT2D eigenvalue weighted by Gasteiger charge is -2.37. The number of ether oxygens (including phenoxy) is 1. The van der Waals surface area contributed by atoms with E-state index >= 15 is 0 Å². The molecule has 1 aliphatic rings. The number of carbonyl (C=O) groups excluding carboxylic acids is 1. The number of carbonyl (C=O) groups is 1. The predicted octanol–water partition coefficient (Wildman–Crippen LogP) is 2.60. The third-order valence-corrected chi connectivity index (χ3v) is 3.95. The van der Waals surface area contributed by atoms with Crippen LogP contribution in [0.1, 0.15) is 35.3 Å². The van der Waals surface area contributed by atoms with Gasteiger partial charge in [-0.25, -0.2) is 0 Å². The van der Waals surface area contributed by atoms with Crippen molar-refractivity contribution in [3.8, 4) is 0 Å². The molecule has 1 heterocycles. The van der Waals surface area contributed by atoms with Gasteiger partial charge < -0.3 is 4.74 Å². The summed E-state index contributed by atoms with van der Waals surface area (Å²) in [5, 5.41) is 0. The van der Waals surface area contributed by atoms with Crippen LogP contribution in [0.3, 0.4) is 0 Å². The number of ketones is 1. The van der Waals surface area contributed by atoms with E-state index in [4.69, 9.17) is 4.74 Å². The van der Waals surface area contributed by atoms with E-state index in [1.54, 1.807) is 0 Å². The van der Waals surface area contributed by atoms with E-state index in [1.165, 1.54) is 0 Å². The second-order valence-corrected chi connectivity index (χ2v) is 5.52. The Morgan fingerprint density at radius 1 is 1.42 bits per heavy atom. The highest BCUT2D eigenvalue weighted by molar-refractivity contribution is 6.01. The summed E-state index contributed by atoms with van der Waals surface area (Å²) in [6.07, 6.45) is 0. The van der Waals surface area contributed by atoms with Gasteiger partial charge in [-0.2, -0.15) is 0 Å². The SMILES string of the molecule is Cc1ccc(C)c(C(=O)C(C)N2CCOCC2C)c1. The lowest BCUT2D eigenvalue weighted by Crippen LogP contribution is -2.51. The van der Waals surface area contributed by atoms with Gasteiger partial charge in [-0.15, -0.1) is 0 Å². The van der Waals surface area contributed by atoms with Gasteiger partial charge in [-0.1, -0.05) is 17.7 Å². The van der Waals surface area contributed by atoms with Crippen LogP contribution < -0.4 is 0 Å². The molecule has 2 atom stereocenters. The molecule has 2 rings (SSSR count). The highest BCUT2D eigenvalue weighted by atomic mass is 16.5. The maximum absolute atomic E-state index is 12.7. The molecular weight excluding hydrogens is 238 g/mol. The summed E-state index contributed by atoms with van der Waals surface area (Å²) in [5.41, 5.74) is 3.05. The fourth-order valence-electron chi connectivity index (χ4n) is 2.69. The minimum atomic E-state index is -0.0839. The quantitative estimate of drug-likeness (QED) is 0.783. The first kappa shape index (κ1) is 14.2. The van der Waals surface area contributed by atoms with Crippen molar-refractivity contribution >= 4 is 5.78 Å². The van der Waals surface area contributed by atoms with Crippen LogP contribution in [0, 0.1) is 13.8 Å². The van der Waals surface area contributed by atoms with Crippen LogP contribution in [0.25, 0.3) is 0 Å². The molecule has 0 amide bonds. The number of morpholine rings is 1. The first-order valence-electron chi connectivity index (χ1n) is 6.95. The molecule has 1 aliphatic heterocycles. The number of rotatable bonds is 3. The normalized spacial score (nSPS) is 22.2. The number of benzene rings is 1. The molecule has 0 N–H and O–H groups in total. The third-order valence-electron chi connectivity index (χ3n) is 3.95. The lowest BCUT2D eigenvalue weighted by molar-refractivity contribution is -0.0144. The van der Waals surface area contributed by atoms with Gasteiger partial charge in [0.05, 0.1) is 19.3 Å². The van der Waals surface area contributed by atoms with Crippen LogP contribution in [0.4, 0.5) is 0 Å². The van der Waals surface area contributed by atoms with Crippen LogP contribution in [-0.2, 0) is 4.74 Å². The second kappa shape index (κ2) is 5.85. The van der Waals surface area contributed by atoms with E-state index < -0.39 is 0 Å². The van der Waals surface area contributed by atoms with Crippen LogP contribution in [0.5, 0.6) is 0 Å². The highest BCUT2D eigenvalue weighted by Crippen LogP contribution is 2.18. The first-order valence-corrected chi connectivity index (χ1v) is 6.95. The Morgan fingerprint density at radius 2 is 2.16 bits per heavy atom. The molecule has 19 heavy (non-hydrogen) atoms. The van der Waals surface area contributed by atoms with Crippen LogP contribution in [0.2, 0.25) is 0 Å². The molecule has 0 bridgehead atoms. The summed E-state index contributed by atoms with van der Waals surface area (Å²) in [5.74, 6) is 0.218. The lowest BCUT2D eigenvalue weighted by atomic mass is 9.97. The first-order chi connectivity index (χ1) is 9.00. The summed E-state index contributed by atoms with van der Waals surface area (Å²) in [6.45, 7) is 10.4. The van der Waals surface area contributed by atoms with Gasteiger partial charge in [0.15, 0.2) is 5.78 Å². The van der Waals surface area contributed by atoms with Crippen molar-refractivity contribution in [2.24, 2.45) is 0 Å². The number of nitrogens with zero attached hydrogens (tertiary/aromatic N) is 1. The minimum Gasteiger partial charge on any atom is -0.379 e. The number of aryl methyl sites for hydroxylation is 2. The molecule has 0 radical (unpaired) electrons. The highest BCUT2D eigenvalue weighted by Gasteiger charge is 2.29. The molecule has 1 aromatic rings. The van der Waals surface area contributed by atoms with E-state index in [0.717, 1.165) is 29.8 Å². The van der Waals surface area contributed by atoms with Crippen molar-refractivity contribution in [3.05, 3.63) is 34.9 Å². The summed E-state index contributed by atoms with van der Waals surface area (Å²) in [6, 6.07) is 6.29. The maximum atomic E-state index is 12.7. The van der Waals surface area contributed by atoms with Gasteiger partial charge in [-0.05, 0) is 39.3 Å². The second-order valence-electron chi connectivity index (χ2n) is 5.52. The number of Topliss-reactive ketones (excluding diaryl/α,β-unsaturated/α-hetero) is 1. The number of hydrogen-bond donors (Lipinski definition) is 0. The molecule has 2 unspecified atom stereocenters. The van der Waals surface area contributed by atoms with Gasteiger partial charge in [0.2, 0.25) is 0 Å². The molecule has 0 aliphatic carbocycles. The van der Waals surface area contributed by atoms with Crippen molar-refractivity contribution in [3.63, 3.8) is 0 Å². The molecule has 0 spiro atoms. The van der Waals surface area contributed by atoms with Crippen LogP contribution in [0.15, 0.2) is 18.2 Å². The molecule has 0 saturated carbocycles. The van der Waals surface area contributed by atoms with Crippen LogP contribution >= 0.6 is 0 Å².